The van der Waals surface area contributed by atoms with Crippen molar-refractivity contribution < 1.29 is 0 Å². The van der Waals surface area contributed by atoms with Gasteiger partial charge in [0.1, 0.15) is 17.3 Å². The lowest BCUT2D eigenvalue weighted by Gasteiger charge is -2.02. The predicted molar refractivity (Wildman–Crippen MR) is 63.7 cm³/mol. The predicted octanol–water partition coefficient (Wildman–Crippen LogP) is 2.09. The highest BCUT2D eigenvalue weighted by molar-refractivity contribution is 9.10. The lowest BCUT2D eigenvalue weighted by Crippen LogP contribution is -1.95. The average molecular weight is 280 g/mol. The molecule has 3 N–H and O–H groups in total. The molecule has 3 rings (SSSR count). The van der Waals surface area contributed by atoms with Gasteiger partial charge < -0.3 is 5.73 Å². The Morgan fingerprint density at radius 2 is 2.25 bits per heavy atom. The summed E-state index contributed by atoms with van der Waals surface area (Å²) in [6, 6.07) is 1.77. The monoisotopic (exact) mass is 279 g/mol. The van der Waals surface area contributed by atoms with Gasteiger partial charge in [0.05, 0.1) is 10.2 Å². The van der Waals surface area contributed by atoms with Crippen molar-refractivity contribution in [3.05, 3.63) is 22.6 Å². The van der Waals surface area contributed by atoms with Crippen LogP contribution in [0.3, 0.4) is 0 Å². The molecule has 1 aliphatic carbocycles. The molecule has 0 bridgehead atoms. The summed E-state index contributed by atoms with van der Waals surface area (Å²) in [7, 11) is 0. The maximum absolute atomic E-state index is 5.58. The summed E-state index contributed by atoms with van der Waals surface area (Å²) in [5.74, 6) is 1.91. The molecule has 0 radical (unpaired) electrons. The van der Waals surface area contributed by atoms with E-state index in [1.165, 1.54) is 12.8 Å². The van der Waals surface area contributed by atoms with Crippen LogP contribution in [0.25, 0.3) is 11.4 Å². The standard InChI is InChI=1S/C10H10BrN5/c11-6-4-13-10(5-1-2-5)14-9(6)7-3-8(12)16-15-7/h3-5H,1-2H2,(H3,12,15,16). The average Bonchev–Trinajstić information content (AvgIpc) is 3.03. The fourth-order valence-electron chi connectivity index (χ4n) is 1.57. The van der Waals surface area contributed by atoms with Crippen molar-refractivity contribution in [1.29, 1.82) is 0 Å². The molecule has 2 heterocycles. The molecule has 2 aromatic rings. The van der Waals surface area contributed by atoms with E-state index in [9.17, 15) is 0 Å². The van der Waals surface area contributed by atoms with E-state index in [1.807, 2.05) is 0 Å². The van der Waals surface area contributed by atoms with Crippen LogP contribution >= 0.6 is 15.9 Å². The second-order valence-electron chi connectivity index (χ2n) is 3.91. The zero-order chi connectivity index (χ0) is 11.1. The first-order valence-corrected chi connectivity index (χ1v) is 5.87. The molecule has 0 aliphatic heterocycles. The number of nitrogens with one attached hydrogen (secondary N) is 1. The molecule has 0 atom stereocenters. The maximum atomic E-state index is 5.58. The van der Waals surface area contributed by atoms with Crippen LogP contribution in [0.5, 0.6) is 0 Å². The Morgan fingerprint density at radius 1 is 1.44 bits per heavy atom. The number of anilines is 1. The van der Waals surface area contributed by atoms with Gasteiger partial charge in [0.15, 0.2) is 0 Å². The molecule has 16 heavy (non-hydrogen) atoms. The van der Waals surface area contributed by atoms with Gasteiger partial charge in [-0.05, 0) is 28.8 Å². The number of aromatic amines is 1. The van der Waals surface area contributed by atoms with E-state index in [-0.39, 0.29) is 0 Å². The van der Waals surface area contributed by atoms with Crippen molar-refractivity contribution in [3.8, 4) is 11.4 Å². The normalized spacial score (nSPS) is 15.3. The molecule has 0 unspecified atom stereocenters. The first-order chi connectivity index (χ1) is 7.74. The summed E-state index contributed by atoms with van der Waals surface area (Å²) in [4.78, 5) is 8.84. The number of halogens is 1. The number of aromatic nitrogens is 4. The summed E-state index contributed by atoms with van der Waals surface area (Å²) in [6.07, 6.45) is 4.16. The lowest BCUT2D eigenvalue weighted by atomic mass is 10.3. The minimum absolute atomic E-state index is 0.466. The van der Waals surface area contributed by atoms with Crippen LogP contribution in [0.1, 0.15) is 24.6 Å². The van der Waals surface area contributed by atoms with Crippen molar-refractivity contribution in [2.45, 2.75) is 18.8 Å². The van der Waals surface area contributed by atoms with Gasteiger partial charge in [-0.15, -0.1) is 0 Å². The van der Waals surface area contributed by atoms with Crippen LogP contribution in [0.4, 0.5) is 5.82 Å². The summed E-state index contributed by atoms with van der Waals surface area (Å²) in [5, 5.41) is 6.75. The van der Waals surface area contributed by atoms with Crippen LogP contribution in [0, 0.1) is 0 Å². The largest absolute Gasteiger partial charge is 0.382 e. The smallest absolute Gasteiger partial charge is 0.145 e. The lowest BCUT2D eigenvalue weighted by molar-refractivity contribution is 0.921. The van der Waals surface area contributed by atoms with E-state index in [0.717, 1.165) is 21.7 Å². The van der Waals surface area contributed by atoms with E-state index in [4.69, 9.17) is 5.73 Å². The molecule has 1 aliphatic rings. The second kappa shape index (κ2) is 3.55. The van der Waals surface area contributed by atoms with E-state index in [1.54, 1.807) is 12.3 Å². The minimum atomic E-state index is 0.466. The Kier molecular flexibility index (Phi) is 2.17. The summed E-state index contributed by atoms with van der Waals surface area (Å²) in [5.41, 5.74) is 7.21. The van der Waals surface area contributed by atoms with Gasteiger partial charge in [0.25, 0.3) is 0 Å². The number of hydrogen-bond acceptors (Lipinski definition) is 4. The topological polar surface area (TPSA) is 80.5 Å². The SMILES string of the molecule is Nc1cc(-c2nc(C3CC3)ncc2Br)[nH]n1. The Hall–Kier alpha value is -1.43. The van der Waals surface area contributed by atoms with Crippen LogP contribution in [-0.2, 0) is 0 Å². The molecule has 2 aromatic heterocycles. The molecule has 0 saturated heterocycles. The van der Waals surface area contributed by atoms with Gasteiger partial charge in [0.2, 0.25) is 0 Å². The van der Waals surface area contributed by atoms with Gasteiger partial charge >= 0.3 is 0 Å². The van der Waals surface area contributed by atoms with Crippen molar-refractivity contribution in [2.24, 2.45) is 0 Å². The van der Waals surface area contributed by atoms with E-state index < -0.39 is 0 Å². The third-order valence-corrected chi connectivity index (χ3v) is 3.14. The molecule has 5 nitrogen and oxygen atoms in total. The molecule has 0 aromatic carbocycles. The quantitative estimate of drug-likeness (QED) is 0.882. The van der Waals surface area contributed by atoms with Gasteiger partial charge in [-0.25, -0.2) is 9.97 Å². The molecule has 1 saturated carbocycles. The van der Waals surface area contributed by atoms with Crippen LogP contribution in [-0.4, -0.2) is 20.2 Å². The molecular weight excluding hydrogens is 270 g/mol. The minimum Gasteiger partial charge on any atom is -0.382 e. The molecular formula is C10H10BrN5. The van der Waals surface area contributed by atoms with E-state index >= 15 is 0 Å². The number of hydrogen-bond donors (Lipinski definition) is 2. The number of nitrogens with two attached hydrogens (primary N) is 1. The van der Waals surface area contributed by atoms with E-state index in [2.05, 4.69) is 36.1 Å². The molecule has 0 amide bonds. The summed E-state index contributed by atoms with van der Waals surface area (Å²) >= 11 is 3.43. The van der Waals surface area contributed by atoms with Crippen molar-refractivity contribution in [3.63, 3.8) is 0 Å². The van der Waals surface area contributed by atoms with Crippen molar-refractivity contribution >= 4 is 21.7 Å². The number of nitrogens with zero attached hydrogens (tertiary/aromatic N) is 3. The van der Waals surface area contributed by atoms with Gasteiger partial charge in [-0.2, -0.15) is 5.10 Å². The third kappa shape index (κ3) is 1.69. The Bertz CT molecular complexity index is 532. The first-order valence-electron chi connectivity index (χ1n) is 5.08. The van der Waals surface area contributed by atoms with Gasteiger partial charge in [-0.1, -0.05) is 0 Å². The van der Waals surface area contributed by atoms with E-state index in [0.29, 0.717) is 11.7 Å². The Labute approximate surface area is 101 Å². The fraction of sp³-hybridized carbons (Fsp3) is 0.300. The van der Waals surface area contributed by atoms with Crippen LogP contribution < -0.4 is 5.73 Å². The molecule has 0 spiro atoms. The van der Waals surface area contributed by atoms with Crippen LogP contribution in [0.2, 0.25) is 0 Å². The third-order valence-electron chi connectivity index (χ3n) is 2.56. The first kappa shape index (κ1) is 9.77. The van der Waals surface area contributed by atoms with Crippen LogP contribution in [0.15, 0.2) is 16.7 Å². The Morgan fingerprint density at radius 3 is 2.88 bits per heavy atom. The highest BCUT2D eigenvalue weighted by atomic mass is 79.9. The van der Waals surface area contributed by atoms with Gasteiger partial charge in [-0.3, -0.25) is 5.10 Å². The molecule has 6 heteroatoms. The number of rotatable bonds is 2. The fourth-order valence-corrected chi connectivity index (χ4v) is 1.97. The second-order valence-corrected chi connectivity index (χ2v) is 4.76. The van der Waals surface area contributed by atoms with Gasteiger partial charge in [0, 0.05) is 18.2 Å². The molecule has 1 fully saturated rings. The Balaban J connectivity index is 2.07. The molecule has 82 valence electrons. The highest BCUT2D eigenvalue weighted by Gasteiger charge is 2.27. The summed E-state index contributed by atoms with van der Waals surface area (Å²) < 4.78 is 0.848. The summed E-state index contributed by atoms with van der Waals surface area (Å²) in [6.45, 7) is 0. The highest BCUT2D eigenvalue weighted by Crippen LogP contribution is 2.39. The number of H-pyrrole nitrogens is 1. The zero-order valence-electron chi connectivity index (χ0n) is 8.44. The number of nitrogen functional groups attached to an aromatic ring is 1. The van der Waals surface area contributed by atoms with Crippen molar-refractivity contribution in [2.75, 3.05) is 5.73 Å². The maximum Gasteiger partial charge on any atom is 0.145 e. The van der Waals surface area contributed by atoms with Crippen molar-refractivity contribution in [1.82, 2.24) is 20.2 Å². The zero-order valence-corrected chi connectivity index (χ0v) is 10.0.